The molecular weight excluding hydrogens is 236 g/mol. The molecule has 1 spiro atoms. The molecule has 0 radical (unpaired) electrons. The van der Waals surface area contributed by atoms with Gasteiger partial charge in [-0.3, -0.25) is 4.90 Å². The second kappa shape index (κ2) is 5.34. The van der Waals surface area contributed by atoms with Gasteiger partial charge in [-0.05, 0) is 47.0 Å². The van der Waals surface area contributed by atoms with Gasteiger partial charge in [0.25, 0.3) is 0 Å². The first kappa shape index (κ1) is 15.3. The maximum absolute atomic E-state index is 5.59. The number of nitrogens with zero attached hydrogens (tertiary/aromatic N) is 1. The van der Waals surface area contributed by atoms with Gasteiger partial charge in [0.2, 0.25) is 0 Å². The molecule has 3 nitrogen and oxygen atoms in total. The van der Waals surface area contributed by atoms with Crippen molar-refractivity contribution in [2.75, 3.05) is 26.7 Å². The van der Waals surface area contributed by atoms with Crippen molar-refractivity contribution in [2.24, 2.45) is 0 Å². The maximum Gasteiger partial charge on any atom is 0.0634 e. The van der Waals surface area contributed by atoms with Gasteiger partial charge in [0.05, 0.1) is 5.60 Å². The highest BCUT2D eigenvalue weighted by molar-refractivity contribution is 5.04. The number of nitrogens with one attached hydrogen (secondary N) is 1. The summed E-state index contributed by atoms with van der Waals surface area (Å²) >= 11 is 0. The Labute approximate surface area is 119 Å². The van der Waals surface area contributed by atoms with E-state index in [0.29, 0.717) is 5.54 Å². The molecule has 0 aromatic rings. The van der Waals surface area contributed by atoms with Crippen molar-refractivity contribution in [3.8, 4) is 0 Å². The zero-order chi connectivity index (χ0) is 14.1. The van der Waals surface area contributed by atoms with Gasteiger partial charge < -0.3 is 10.1 Å². The van der Waals surface area contributed by atoms with E-state index < -0.39 is 0 Å². The Morgan fingerprint density at radius 1 is 1.21 bits per heavy atom. The fourth-order valence-corrected chi connectivity index (χ4v) is 3.56. The zero-order valence-electron chi connectivity index (χ0n) is 13.5. The third-order valence-electron chi connectivity index (χ3n) is 5.22. The Morgan fingerprint density at radius 3 is 2.42 bits per heavy atom. The molecule has 0 aromatic heterocycles. The van der Waals surface area contributed by atoms with Gasteiger partial charge in [0.15, 0.2) is 0 Å². The Kier molecular flexibility index (Phi) is 4.29. The summed E-state index contributed by atoms with van der Waals surface area (Å²) in [4.78, 5) is 2.76. The molecule has 0 amide bonds. The van der Waals surface area contributed by atoms with Crippen LogP contribution in [0.4, 0.5) is 0 Å². The minimum atomic E-state index is -0.00515. The van der Waals surface area contributed by atoms with Crippen molar-refractivity contribution >= 4 is 0 Å². The van der Waals surface area contributed by atoms with Crippen molar-refractivity contribution in [3.63, 3.8) is 0 Å². The van der Waals surface area contributed by atoms with Crippen LogP contribution >= 0.6 is 0 Å². The van der Waals surface area contributed by atoms with Crippen molar-refractivity contribution in [2.45, 2.75) is 76.5 Å². The minimum Gasteiger partial charge on any atom is -0.379 e. The molecule has 2 rings (SSSR count). The fourth-order valence-electron chi connectivity index (χ4n) is 3.56. The van der Waals surface area contributed by atoms with Crippen LogP contribution in [0.1, 0.15) is 59.8 Å². The maximum atomic E-state index is 5.59. The van der Waals surface area contributed by atoms with Crippen LogP contribution in [0.3, 0.4) is 0 Å². The molecule has 1 saturated carbocycles. The second-order valence-electron chi connectivity index (χ2n) is 7.80. The normalized spacial score (nSPS) is 27.0. The fraction of sp³-hybridized carbons (Fsp3) is 1.00. The van der Waals surface area contributed by atoms with Crippen LogP contribution in [0.25, 0.3) is 0 Å². The highest BCUT2D eigenvalue weighted by Crippen LogP contribution is 2.38. The molecule has 0 atom stereocenters. The van der Waals surface area contributed by atoms with Crippen LogP contribution in [0, 0.1) is 0 Å². The van der Waals surface area contributed by atoms with Gasteiger partial charge in [-0.1, -0.05) is 12.8 Å². The topological polar surface area (TPSA) is 24.5 Å². The largest absolute Gasteiger partial charge is 0.379 e. The summed E-state index contributed by atoms with van der Waals surface area (Å²) in [5.74, 6) is 0. The molecule has 19 heavy (non-hydrogen) atoms. The lowest BCUT2D eigenvalue weighted by Crippen LogP contribution is -2.67. The van der Waals surface area contributed by atoms with E-state index >= 15 is 0 Å². The Balaban J connectivity index is 2.04. The first-order valence-electron chi connectivity index (χ1n) is 7.84. The second-order valence-corrected chi connectivity index (χ2v) is 7.80. The number of hydrogen-bond donors (Lipinski definition) is 1. The van der Waals surface area contributed by atoms with Gasteiger partial charge in [-0.25, -0.2) is 0 Å². The van der Waals surface area contributed by atoms with E-state index in [4.69, 9.17) is 4.74 Å². The highest BCUT2D eigenvalue weighted by Gasteiger charge is 2.45. The molecule has 112 valence electrons. The summed E-state index contributed by atoms with van der Waals surface area (Å²) in [7, 11) is 1.83. The third kappa shape index (κ3) is 3.50. The van der Waals surface area contributed by atoms with Crippen LogP contribution in [0.15, 0.2) is 0 Å². The van der Waals surface area contributed by atoms with E-state index in [1.807, 2.05) is 7.11 Å². The number of hydrogen-bond acceptors (Lipinski definition) is 3. The van der Waals surface area contributed by atoms with Crippen molar-refractivity contribution in [1.82, 2.24) is 10.2 Å². The molecule has 1 heterocycles. The average molecular weight is 268 g/mol. The molecule has 3 heteroatoms. The molecule has 0 unspecified atom stereocenters. The van der Waals surface area contributed by atoms with E-state index in [-0.39, 0.29) is 11.1 Å². The van der Waals surface area contributed by atoms with Gasteiger partial charge >= 0.3 is 0 Å². The van der Waals surface area contributed by atoms with Crippen molar-refractivity contribution in [1.29, 1.82) is 0 Å². The summed E-state index contributed by atoms with van der Waals surface area (Å²) in [5.41, 5.74) is 0.666. The van der Waals surface area contributed by atoms with Gasteiger partial charge in [-0.15, -0.1) is 0 Å². The predicted molar refractivity (Wildman–Crippen MR) is 80.6 cm³/mol. The van der Waals surface area contributed by atoms with Crippen molar-refractivity contribution in [3.05, 3.63) is 0 Å². The molecule has 2 fully saturated rings. The number of ether oxygens (including phenoxy) is 1. The number of piperazine rings is 1. The SMILES string of the molecule is COC(C)(C)CCN1CC(C)(C)NCC12CCCC2. The lowest BCUT2D eigenvalue weighted by Gasteiger charge is -2.52. The Bertz CT molecular complexity index is 306. The lowest BCUT2D eigenvalue weighted by atomic mass is 9.86. The smallest absolute Gasteiger partial charge is 0.0634 e. The molecule has 1 N–H and O–H groups in total. The Morgan fingerprint density at radius 2 is 1.84 bits per heavy atom. The van der Waals surface area contributed by atoms with E-state index in [2.05, 4.69) is 37.9 Å². The number of rotatable bonds is 4. The van der Waals surface area contributed by atoms with E-state index in [1.54, 1.807) is 0 Å². The predicted octanol–water partition coefficient (Wildman–Crippen LogP) is 2.80. The van der Waals surface area contributed by atoms with Crippen LogP contribution in [0.2, 0.25) is 0 Å². The molecule has 0 aromatic carbocycles. The summed E-state index contributed by atoms with van der Waals surface area (Å²) in [6, 6.07) is 0. The van der Waals surface area contributed by atoms with E-state index in [9.17, 15) is 0 Å². The van der Waals surface area contributed by atoms with Crippen LogP contribution in [-0.4, -0.2) is 48.3 Å². The van der Waals surface area contributed by atoms with Crippen LogP contribution in [-0.2, 0) is 4.74 Å². The van der Waals surface area contributed by atoms with Gasteiger partial charge in [0.1, 0.15) is 0 Å². The molecule has 1 aliphatic heterocycles. The number of methoxy groups -OCH3 is 1. The van der Waals surface area contributed by atoms with E-state index in [0.717, 1.165) is 26.1 Å². The zero-order valence-corrected chi connectivity index (χ0v) is 13.5. The standard InChI is InChI=1S/C16H32N2O/c1-14(2)13-18(11-10-15(3,4)19-5)16(12-17-14)8-6-7-9-16/h17H,6-13H2,1-5H3. The average Bonchev–Trinajstić information content (AvgIpc) is 2.81. The van der Waals surface area contributed by atoms with Crippen LogP contribution < -0.4 is 5.32 Å². The summed E-state index contributed by atoms with van der Waals surface area (Å²) in [6.45, 7) is 12.5. The summed E-state index contributed by atoms with van der Waals surface area (Å²) in [6.07, 6.45) is 6.63. The molecule has 1 saturated heterocycles. The molecule has 2 aliphatic rings. The van der Waals surface area contributed by atoms with E-state index in [1.165, 1.54) is 25.7 Å². The first-order chi connectivity index (χ1) is 8.79. The molecule has 0 bridgehead atoms. The monoisotopic (exact) mass is 268 g/mol. The summed E-state index contributed by atoms with van der Waals surface area (Å²) < 4.78 is 5.59. The van der Waals surface area contributed by atoms with Gasteiger partial charge in [-0.2, -0.15) is 0 Å². The lowest BCUT2D eigenvalue weighted by molar-refractivity contribution is -0.0257. The first-order valence-corrected chi connectivity index (χ1v) is 7.84. The van der Waals surface area contributed by atoms with Gasteiger partial charge in [0, 0.05) is 37.8 Å². The molecule has 1 aliphatic carbocycles. The third-order valence-corrected chi connectivity index (χ3v) is 5.22. The Hall–Kier alpha value is -0.120. The highest BCUT2D eigenvalue weighted by atomic mass is 16.5. The minimum absolute atomic E-state index is 0.00515. The quantitative estimate of drug-likeness (QED) is 0.848. The summed E-state index contributed by atoms with van der Waals surface area (Å²) in [5, 5.41) is 3.76. The van der Waals surface area contributed by atoms with Crippen molar-refractivity contribution < 1.29 is 4.74 Å². The van der Waals surface area contributed by atoms with Crippen LogP contribution in [0.5, 0.6) is 0 Å². The molecular formula is C16H32N2O.